The highest BCUT2D eigenvalue weighted by molar-refractivity contribution is 6.32. The summed E-state index contributed by atoms with van der Waals surface area (Å²) in [7, 11) is 0. The first-order valence-electron chi connectivity index (χ1n) is 7.45. The lowest BCUT2D eigenvalue weighted by Gasteiger charge is -2.12. The Hall–Kier alpha value is -2.55. The van der Waals surface area contributed by atoms with Crippen LogP contribution in [0.25, 0.3) is 0 Å². The third-order valence-electron chi connectivity index (χ3n) is 3.86. The summed E-state index contributed by atoms with van der Waals surface area (Å²) >= 11 is 5.74. The molecule has 1 aliphatic heterocycles. The predicted octanol–water partition coefficient (Wildman–Crippen LogP) is 2.68. The molecule has 3 N–H and O–H groups in total. The molecule has 9 heteroatoms. The Morgan fingerprint density at radius 3 is 2.80 bits per heavy atom. The standard InChI is InChI=1S/C16H14ClFN4O3/c17-12-5-4-10(7-14(12)22(24)25)16(23)19-15-8-13(20-21-15)9-2-1-3-11(18)6-9/h1-7,13,15,20-21H,8H2,(H,19,23). The van der Waals surface area contributed by atoms with Crippen molar-refractivity contribution < 1.29 is 14.1 Å². The van der Waals surface area contributed by atoms with Gasteiger partial charge in [0, 0.05) is 24.1 Å². The Bertz CT molecular complexity index is 833. The van der Waals surface area contributed by atoms with E-state index in [1.807, 2.05) is 0 Å². The molecule has 0 radical (unpaired) electrons. The van der Waals surface area contributed by atoms with Gasteiger partial charge in [-0.05, 0) is 29.8 Å². The monoisotopic (exact) mass is 364 g/mol. The van der Waals surface area contributed by atoms with Gasteiger partial charge in [-0.15, -0.1) is 0 Å². The second kappa shape index (κ2) is 7.14. The fraction of sp³-hybridized carbons (Fsp3) is 0.188. The summed E-state index contributed by atoms with van der Waals surface area (Å²) < 4.78 is 13.3. The molecule has 0 aromatic heterocycles. The summed E-state index contributed by atoms with van der Waals surface area (Å²) in [6.07, 6.45) is 0.0840. The zero-order valence-electron chi connectivity index (χ0n) is 12.8. The molecule has 1 fully saturated rings. The number of nitro groups is 1. The molecule has 25 heavy (non-hydrogen) atoms. The van der Waals surface area contributed by atoms with Gasteiger partial charge in [-0.3, -0.25) is 14.9 Å². The minimum Gasteiger partial charge on any atom is -0.335 e. The van der Waals surface area contributed by atoms with Crippen LogP contribution in [0.3, 0.4) is 0 Å². The molecule has 7 nitrogen and oxygen atoms in total. The number of nitro benzene ring substituents is 1. The Kier molecular flexibility index (Phi) is 4.93. The van der Waals surface area contributed by atoms with Crippen LogP contribution in [-0.4, -0.2) is 17.0 Å². The molecule has 0 bridgehead atoms. The maximum Gasteiger partial charge on any atom is 0.288 e. The lowest BCUT2D eigenvalue weighted by molar-refractivity contribution is -0.384. The van der Waals surface area contributed by atoms with E-state index in [4.69, 9.17) is 11.6 Å². The average Bonchev–Trinajstić information content (AvgIpc) is 3.03. The van der Waals surface area contributed by atoms with E-state index in [2.05, 4.69) is 16.2 Å². The number of nitrogens with one attached hydrogen (secondary N) is 3. The van der Waals surface area contributed by atoms with Gasteiger partial charge in [-0.2, -0.15) is 0 Å². The van der Waals surface area contributed by atoms with Gasteiger partial charge in [0.05, 0.1) is 11.1 Å². The third-order valence-corrected chi connectivity index (χ3v) is 4.18. The van der Waals surface area contributed by atoms with E-state index < -0.39 is 17.0 Å². The van der Waals surface area contributed by atoms with E-state index in [0.717, 1.165) is 11.6 Å². The van der Waals surface area contributed by atoms with Crippen molar-refractivity contribution in [2.24, 2.45) is 0 Å². The van der Waals surface area contributed by atoms with Gasteiger partial charge in [-0.1, -0.05) is 23.7 Å². The number of halogens is 2. The SMILES string of the molecule is O=C(NC1CC(c2cccc(F)c2)NN1)c1ccc(Cl)c([N+](=O)[O-])c1. The predicted molar refractivity (Wildman–Crippen MR) is 89.4 cm³/mol. The summed E-state index contributed by atoms with van der Waals surface area (Å²) in [6.45, 7) is 0. The molecule has 3 rings (SSSR count). The summed E-state index contributed by atoms with van der Waals surface area (Å²) in [5.41, 5.74) is 6.45. The molecule has 130 valence electrons. The van der Waals surface area contributed by atoms with E-state index in [1.165, 1.54) is 24.3 Å². The average molecular weight is 365 g/mol. The van der Waals surface area contributed by atoms with Crippen LogP contribution in [0.4, 0.5) is 10.1 Å². The summed E-state index contributed by atoms with van der Waals surface area (Å²) in [5.74, 6) is -0.806. The largest absolute Gasteiger partial charge is 0.335 e. The maximum absolute atomic E-state index is 13.3. The number of carbonyl (C=O) groups is 1. The van der Waals surface area contributed by atoms with E-state index >= 15 is 0 Å². The quantitative estimate of drug-likeness (QED) is 0.572. The van der Waals surface area contributed by atoms with E-state index in [0.29, 0.717) is 6.42 Å². The zero-order valence-corrected chi connectivity index (χ0v) is 13.6. The van der Waals surface area contributed by atoms with Crippen molar-refractivity contribution in [3.05, 3.63) is 74.5 Å². The van der Waals surface area contributed by atoms with Crippen molar-refractivity contribution in [3.8, 4) is 0 Å². The second-order valence-electron chi connectivity index (χ2n) is 5.58. The van der Waals surface area contributed by atoms with Crippen molar-refractivity contribution in [1.82, 2.24) is 16.2 Å². The van der Waals surface area contributed by atoms with Crippen LogP contribution >= 0.6 is 11.6 Å². The molecule has 0 spiro atoms. The second-order valence-corrected chi connectivity index (χ2v) is 5.99. The van der Waals surface area contributed by atoms with Crippen molar-refractivity contribution in [3.63, 3.8) is 0 Å². The molecular formula is C16H14ClFN4O3. The fourth-order valence-corrected chi connectivity index (χ4v) is 2.81. The van der Waals surface area contributed by atoms with Gasteiger partial charge in [0.25, 0.3) is 11.6 Å². The van der Waals surface area contributed by atoms with Crippen LogP contribution in [0.5, 0.6) is 0 Å². The fourth-order valence-electron chi connectivity index (χ4n) is 2.63. The van der Waals surface area contributed by atoms with Crippen LogP contribution in [-0.2, 0) is 0 Å². The van der Waals surface area contributed by atoms with Gasteiger partial charge in [-0.25, -0.2) is 15.2 Å². The Balaban J connectivity index is 1.66. The van der Waals surface area contributed by atoms with Crippen molar-refractivity contribution in [1.29, 1.82) is 0 Å². The van der Waals surface area contributed by atoms with Gasteiger partial charge in [0.2, 0.25) is 0 Å². The van der Waals surface area contributed by atoms with Crippen molar-refractivity contribution in [2.45, 2.75) is 18.6 Å². The van der Waals surface area contributed by atoms with Gasteiger partial charge in [0.1, 0.15) is 10.8 Å². The first kappa shape index (κ1) is 17.3. The summed E-state index contributed by atoms with van der Waals surface area (Å²) in [6, 6.07) is 9.87. The number of benzene rings is 2. The van der Waals surface area contributed by atoms with Crippen LogP contribution < -0.4 is 16.2 Å². The number of nitrogens with zero attached hydrogens (tertiary/aromatic N) is 1. The zero-order chi connectivity index (χ0) is 18.0. The highest BCUT2D eigenvalue weighted by Crippen LogP contribution is 2.26. The minimum atomic E-state index is -0.644. The molecule has 1 amide bonds. The van der Waals surface area contributed by atoms with Gasteiger partial charge in [0.15, 0.2) is 0 Å². The maximum atomic E-state index is 13.3. The smallest absolute Gasteiger partial charge is 0.288 e. The first-order valence-corrected chi connectivity index (χ1v) is 7.83. The Morgan fingerprint density at radius 2 is 2.08 bits per heavy atom. The molecule has 1 aliphatic rings. The highest BCUT2D eigenvalue weighted by Gasteiger charge is 2.27. The summed E-state index contributed by atoms with van der Waals surface area (Å²) in [4.78, 5) is 22.5. The summed E-state index contributed by atoms with van der Waals surface area (Å²) in [5, 5.41) is 13.6. The number of hydrogen-bond donors (Lipinski definition) is 3. The van der Waals surface area contributed by atoms with Crippen LogP contribution in [0.1, 0.15) is 28.4 Å². The van der Waals surface area contributed by atoms with Crippen LogP contribution in [0.2, 0.25) is 5.02 Å². The Morgan fingerprint density at radius 1 is 1.28 bits per heavy atom. The van der Waals surface area contributed by atoms with E-state index in [9.17, 15) is 19.3 Å². The number of hydrogen-bond acceptors (Lipinski definition) is 5. The molecule has 1 saturated heterocycles. The number of hydrazine groups is 1. The molecule has 1 heterocycles. The molecule has 2 unspecified atom stereocenters. The van der Waals surface area contributed by atoms with Crippen LogP contribution in [0, 0.1) is 15.9 Å². The van der Waals surface area contributed by atoms with Crippen molar-refractivity contribution >= 4 is 23.2 Å². The molecule has 0 aliphatic carbocycles. The van der Waals surface area contributed by atoms with Gasteiger partial charge >= 0.3 is 0 Å². The lowest BCUT2D eigenvalue weighted by atomic mass is 10.0. The lowest BCUT2D eigenvalue weighted by Crippen LogP contribution is -2.44. The van der Waals surface area contributed by atoms with E-state index in [1.54, 1.807) is 12.1 Å². The molecule has 2 aromatic carbocycles. The third kappa shape index (κ3) is 3.93. The molecule has 2 aromatic rings. The van der Waals surface area contributed by atoms with Gasteiger partial charge < -0.3 is 5.32 Å². The normalized spacial score (nSPS) is 19.6. The molecule has 0 saturated carbocycles. The number of amides is 1. The number of rotatable bonds is 4. The van der Waals surface area contributed by atoms with E-state index in [-0.39, 0.29) is 28.1 Å². The molecular weight excluding hydrogens is 351 g/mol. The first-order chi connectivity index (χ1) is 11.9. The topological polar surface area (TPSA) is 96.3 Å². The van der Waals surface area contributed by atoms with Crippen LogP contribution in [0.15, 0.2) is 42.5 Å². The Labute approximate surface area is 147 Å². The number of carbonyl (C=O) groups excluding carboxylic acids is 1. The minimum absolute atomic E-state index is 0.0339. The highest BCUT2D eigenvalue weighted by atomic mass is 35.5. The molecule has 2 atom stereocenters. The van der Waals surface area contributed by atoms with Crippen molar-refractivity contribution in [2.75, 3.05) is 0 Å².